The van der Waals surface area contributed by atoms with Crippen LogP contribution in [0.4, 0.5) is 0 Å². The molecule has 266 valence electrons. The third-order valence-electron chi connectivity index (χ3n) is 8.87. The molecular weight excluding hydrogens is 710 g/mol. The average molecular weight is 749 g/mol. The molecule has 14 heteroatoms. The molecule has 6 heterocycles. The molecule has 0 aliphatic heterocycles. The van der Waals surface area contributed by atoms with Crippen molar-refractivity contribution in [3.8, 4) is 33.8 Å². The molecule has 7 aromatic rings. The molecule has 0 radical (unpaired) electrons. The Morgan fingerprint density at radius 1 is 0.585 bits per heavy atom. The summed E-state index contributed by atoms with van der Waals surface area (Å²) in [6.07, 6.45) is 17.2. The summed E-state index contributed by atoms with van der Waals surface area (Å²) < 4.78 is 30.3. The second-order valence-electron chi connectivity index (χ2n) is 12.8. The molecule has 0 spiro atoms. The largest absolute Gasteiger partial charge is 0.331 e. The highest BCUT2D eigenvalue weighted by Crippen LogP contribution is 2.35. The molecule has 0 aliphatic carbocycles. The highest BCUT2D eigenvalue weighted by molar-refractivity contribution is 7.52. The van der Waals surface area contributed by atoms with Crippen molar-refractivity contribution in [2.75, 3.05) is 12.3 Å². The molecule has 0 amide bonds. The van der Waals surface area contributed by atoms with E-state index in [2.05, 4.69) is 33.8 Å². The Kier molecular flexibility index (Phi) is 10.4. The van der Waals surface area contributed by atoms with E-state index >= 15 is 0 Å². The molecular formula is C39H38N6O6P2+4. The van der Waals surface area contributed by atoms with E-state index in [1.165, 1.54) is 0 Å². The Morgan fingerprint density at radius 3 is 1.75 bits per heavy atom. The maximum Gasteiger partial charge on any atom is 0.331 e. The standard InChI is InChI=1S/C39H34N6O6P2/c46-52(47,48)24-14-30-26-35-27-37(4-5-38(35)40-28-30)44-19-10-33(11-20-44)32-8-17-43(18-9-32)29-36-2-1-3-39(41-36)45-21-12-34(13-22-45)31-6-15-42(16-7-31)23-25-53(49,50)51/h1-13,15-22,26-28H,14,23-25,29H2/p+4. The second kappa shape index (κ2) is 15.3. The normalized spacial score (nSPS) is 11.9. The lowest BCUT2D eigenvalue weighted by Gasteiger charge is -2.05. The molecule has 0 saturated carbocycles. The fraction of sp³-hybridized carbons (Fsp3) is 0.128. The van der Waals surface area contributed by atoms with Gasteiger partial charge in [-0.1, -0.05) is 0 Å². The van der Waals surface area contributed by atoms with Gasteiger partial charge in [0, 0.05) is 66.2 Å². The molecule has 4 N–H and O–H groups in total. The third kappa shape index (κ3) is 9.57. The first kappa shape index (κ1) is 36.1. The topological polar surface area (TPSA) is 156 Å². The Labute approximate surface area is 305 Å². The predicted octanol–water partition coefficient (Wildman–Crippen LogP) is 4.04. The van der Waals surface area contributed by atoms with Crippen LogP contribution in [0.25, 0.3) is 44.7 Å². The van der Waals surface area contributed by atoms with Crippen molar-refractivity contribution < 1.29 is 47.0 Å². The Bertz CT molecular complexity index is 2470. The number of hydrogen-bond donors (Lipinski definition) is 4. The second-order valence-corrected chi connectivity index (χ2v) is 16.4. The lowest BCUT2D eigenvalue weighted by atomic mass is 10.1. The van der Waals surface area contributed by atoms with Crippen LogP contribution < -0.4 is 18.3 Å². The van der Waals surface area contributed by atoms with Gasteiger partial charge in [-0.3, -0.25) is 14.1 Å². The van der Waals surface area contributed by atoms with Gasteiger partial charge >= 0.3 is 21.0 Å². The van der Waals surface area contributed by atoms with E-state index in [0.29, 0.717) is 6.54 Å². The minimum Gasteiger partial charge on any atom is -0.324 e. The SMILES string of the molecule is O=P(O)(O)CCc1cnc2ccc(-[n+]3ccc(-c4cc[n+](Cc5cccc(-[n+]6ccc(-c7cc[n+](CCP(=O)(O)O)cc7)cc6)n5)cc4)cc3)cc2c1. The number of benzene rings is 1. The summed E-state index contributed by atoms with van der Waals surface area (Å²) in [5.74, 6) is 0.801. The summed E-state index contributed by atoms with van der Waals surface area (Å²) in [4.78, 5) is 46.1. The lowest BCUT2D eigenvalue weighted by Crippen LogP contribution is -2.35. The van der Waals surface area contributed by atoms with Crippen molar-refractivity contribution in [1.82, 2.24) is 9.97 Å². The number of aromatic nitrogens is 6. The highest BCUT2D eigenvalue weighted by Gasteiger charge is 2.18. The van der Waals surface area contributed by atoms with Gasteiger partial charge < -0.3 is 19.6 Å². The third-order valence-corrected chi connectivity index (χ3v) is 10.5. The molecule has 0 unspecified atom stereocenters. The number of rotatable bonds is 12. The molecule has 0 fully saturated rings. The van der Waals surface area contributed by atoms with Gasteiger partial charge in [0.1, 0.15) is 6.16 Å². The molecule has 0 atom stereocenters. The Hall–Kier alpha value is -5.32. The molecule has 12 nitrogen and oxygen atoms in total. The Morgan fingerprint density at radius 2 is 1.15 bits per heavy atom. The zero-order valence-electron chi connectivity index (χ0n) is 28.6. The predicted molar refractivity (Wildman–Crippen MR) is 197 cm³/mol. The van der Waals surface area contributed by atoms with Crippen LogP contribution in [0.15, 0.2) is 147 Å². The first-order chi connectivity index (χ1) is 25.4. The van der Waals surface area contributed by atoms with Crippen LogP contribution in [-0.2, 0) is 28.6 Å². The fourth-order valence-corrected chi connectivity index (χ4v) is 7.03. The fourth-order valence-electron chi connectivity index (χ4n) is 5.98. The van der Waals surface area contributed by atoms with Gasteiger partial charge in [0.15, 0.2) is 43.7 Å². The van der Waals surface area contributed by atoms with E-state index in [1.54, 1.807) is 10.8 Å². The van der Waals surface area contributed by atoms with Crippen LogP contribution in [0.3, 0.4) is 0 Å². The van der Waals surface area contributed by atoms with Crippen LogP contribution in [0, 0.1) is 0 Å². The number of nitrogens with zero attached hydrogens (tertiary/aromatic N) is 6. The number of fused-ring (bicyclic) bond motifs is 1. The first-order valence-electron chi connectivity index (χ1n) is 16.9. The number of hydrogen-bond acceptors (Lipinski definition) is 4. The van der Waals surface area contributed by atoms with Crippen molar-refractivity contribution in [3.05, 3.63) is 158 Å². The maximum atomic E-state index is 11.3. The van der Waals surface area contributed by atoms with Crippen molar-refractivity contribution in [3.63, 3.8) is 0 Å². The minimum absolute atomic E-state index is 0.196. The van der Waals surface area contributed by atoms with Gasteiger partial charge in [-0.2, -0.15) is 9.13 Å². The molecule has 0 bridgehead atoms. The summed E-state index contributed by atoms with van der Waals surface area (Å²) in [5, 5.41) is 0.908. The van der Waals surface area contributed by atoms with E-state index in [-0.39, 0.29) is 25.3 Å². The maximum absolute atomic E-state index is 11.3. The zero-order valence-corrected chi connectivity index (χ0v) is 30.4. The van der Waals surface area contributed by atoms with Gasteiger partial charge in [0.25, 0.3) is 0 Å². The monoisotopic (exact) mass is 748 g/mol. The highest BCUT2D eigenvalue weighted by atomic mass is 31.2. The summed E-state index contributed by atoms with van der Waals surface area (Å²) in [6.45, 7) is 0.854. The van der Waals surface area contributed by atoms with E-state index < -0.39 is 15.2 Å². The molecule has 6 aromatic heterocycles. The summed E-state index contributed by atoms with van der Waals surface area (Å²) in [5.41, 5.74) is 7.65. The van der Waals surface area contributed by atoms with E-state index in [9.17, 15) is 18.9 Å². The first-order valence-corrected chi connectivity index (χ1v) is 20.5. The molecule has 1 aromatic carbocycles. The molecule has 0 saturated heterocycles. The van der Waals surface area contributed by atoms with Crippen molar-refractivity contribution in [2.45, 2.75) is 19.5 Å². The quantitative estimate of drug-likeness (QED) is 0.108. The number of pyridine rings is 6. The average Bonchev–Trinajstić information content (AvgIpc) is 3.16. The van der Waals surface area contributed by atoms with Crippen LogP contribution in [0.1, 0.15) is 11.3 Å². The molecule has 53 heavy (non-hydrogen) atoms. The van der Waals surface area contributed by atoms with E-state index in [0.717, 1.165) is 55.9 Å². The van der Waals surface area contributed by atoms with Crippen LogP contribution in [0.5, 0.6) is 0 Å². The van der Waals surface area contributed by atoms with Gasteiger partial charge in [0.05, 0.1) is 24.1 Å². The Balaban J connectivity index is 0.986. The smallest absolute Gasteiger partial charge is 0.324 e. The van der Waals surface area contributed by atoms with Gasteiger partial charge in [-0.05, 0) is 75.6 Å². The van der Waals surface area contributed by atoms with E-state index in [4.69, 9.17) is 14.8 Å². The lowest BCUT2D eigenvalue weighted by molar-refractivity contribution is -0.692. The molecule has 7 rings (SSSR count). The van der Waals surface area contributed by atoms with Gasteiger partial charge in [-0.15, -0.1) is 0 Å². The van der Waals surface area contributed by atoms with Crippen LogP contribution in [-0.4, -0.2) is 41.9 Å². The van der Waals surface area contributed by atoms with Crippen molar-refractivity contribution in [2.24, 2.45) is 0 Å². The molecule has 0 aliphatic rings. The minimum atomic E-state index is -4.07. The summed E-state index contributed by atoms with van der Waals surface area (Å²) in [7, 11) is -8.11. The van der Waals surface area contributed by atoms with Gasteiger partial charge in [-0.25, -0.2) is 9.13 Å². The summed E-state index contributed by atoms with van der Waals surface area (Å²) >= 11 is 0. The van der Waals surface area contributed by atoms with Crippen LogP contribution in [0.2, 0.25) is 0 Å². The van der Waals surface area contributed by atoms with Crippen LogP contribution >= 0.6 is 15.2 Å². The van der Waals surface area contributed by atoms with Crippen molar-refractivity contribution in [1.29, 1.82) is 0 Å². The zero-order chi connectivity index (χ0) is 37.0. The summed E-state index contributed by atoms with van der Waals surface area (Å²) in [6, 6.07) is 30.0. The van der Waals surface area contributed by atoms with Gasteiger partial charge in [0.2, 0.25) is 17.9 Å². The van der Waals surface area contributed by atoms with E-state index in [1.807, 2.05) is 125 Å². The van der Waals surface area contributed by atoms with Crippen molar-refractivity contribution >= 4 is 26.1 Å². The number of aryl methyl sites for hydroxylation is 2.